The Labute approximate surface area is 102 Å². The number of nitro benzene ring substituents is 1. The fourth-order valence-corrected chi connectivity index (χ4v) is 1.90. The van der Waals surface area contributed by atoms with Gasteiger partial charge in [-0.3, -0.25) is 10.1 Å². The molecule has 9 heteroatoms. The maximum absolute atomic E-state index is 10.5. The van der Waals surface area contributed by atoms with Crippen molar-refractivity contribution >= 4 is 24.2 Å². The lowest BCUT2D eigenvalue weighted by Crippen LogP contribution is -1.97. The molecule has 0 spiro atoms. The summed E-state index contributed by atoms with van der Waals surface area (Å²) in [7, 11) is 2.62. The summed E-state index contributed by atoms with van der Waals surface area (Å²) in [5.41, 5.74) is -0.252. The zero-order chi connectivity index (χ0) is 13.1. The monoisotopic (exact) mass is 279 g/mol. The Kier molecular flexibility index (Phi) is 4.41. The van der Waals surface area contributed by atoms with Crippen LogP contribution in [-0.2, 0) is 20.9 Å². The largest absolute Gasteiger partial charge is 0.504 e. The number of nitrogens with zero attached hydrogens (tertiary/aromatic N) is 1. The van der Waals surface area contributed by atoms with Gasteiger partial charge in [0.25, 0.3) is 5.69 Å². The van der Waals surface area contributed by atoms with Crippen LogP contribution in [0.4, 0.5) is 5.69 Å². The van der Waals surface area contributed by atoms with Gasteiger partial charge in [-0.2, -0.15) is 0 Å². The van der Waals surface area contributed by atoms with Crippen molar-refractivity contribution in [2.45, 2.75) is 0 Å². The predicted octanol–water partition coefficient (Wildman–Crippen LogP) is 2.20. The molecule has 94 valence electrons. The molecule has 1 aromatic rings. The first-order valence-corrected chi connectivity index (χ1v) is 6.86. The number of non-ortho nitro benzene ring substituents is 1. The highest BCUT2D eigenvalue weighted by Gasteiger charge is 2.21. The number of nitro groups is 1. The summed E-state index contributed by atoms with van der Waals surface area (Å²) in [6.07, 6.45) is 0. The molecule has 0 saturated heterocycles. The van der Waals surface area contributed by atoms with Crippen molar-refractivity contribution in [3.8, 4) is 11.5 Å². The lowest BCUT2D eigenvalue weighted by Gasteiger charge is -2.18. The van der Waals surface area contributed by atoms with Crippen LogP contribution in [0.15, 0.2) is 18.2 Å². The van der Waals surface area contributed by atoms with E-state index in [0.29, 0.717) is 0 Å². The molecule has 0 aliphatic heterocycles. The van der Waals surface area contributed by atoms with E-state index < -0.39 is 17.4 Å². The van der Waals surface area contributed by atoms with E-state index in [9.17, 15) is 15.2 Å². The molecule has 17 heavy (non-hydrogen) atoms. The van der Waals surface area contributed by atoms with E-state index in [1.54, 1.807) is 0 Å². The average Bonchev–Trinajstić information content (AvgIpc) is 2.31. The summed E-state index contributed by atoms with van der Waals surface area (Å²) in [5, 5.41) is 20.0. The van der Waals surface area contributed by atoms with Gasteiger partial charge in [0.15, 0.2) is 11.5 Å². The summed E-state index contributed by atoms with van der Waals surface area (Å²) in [4.78, 5) is 9.82. The zero-order valence-corrected chi connectivity index (χ0v) is 10.7. The van der Waals surface area contributed by atoms with Gasteiger partial charge >= 0.3 is 6.72 Å². The van der Waals surface area contributed by atoms with Crippen LogP contribution in [0.5, 0.6) is 11.5 Å². The Bertz CT molecular complexity index is 471. The molecule has 0 saturated carbocycles. The van der Waals surface area contributed by atoms with Gasteiger partial charge < -0.3 is 18.7 Å². The molecule has 1 N–H and O–H groups in total. The van der Waals surface area contributed by atoms with Crippen LogP contribution in [0.1, 0.15) is 0 Å². The normalized spacial score (nSPS) is 11.2. The lowest BCUT2D eigenvalue weighted by molar-refractivity contribution is -0.384. The predicted molar refractivity (Wildman–Crippen MR) is 63.7 cm³/mol. The van der Waals surface area contributed by atoms with Crippen molar-refractivity contribution in [1.82, 2.24) is 0 Å². The number of phenolic OH excluding ortho intramolecular Hbond substituents is 1. The Hall–Kier alpha value is -1.21. The molecule has 0 aromatic heterocycles. The van der Waals surface area contributed by atoms with E-state index >= 15 is 0 Å². The molecule has 0 aliphatic rings. The van der Waals surface area contributed by atoms with E-state index in [2.05, 4.69) is 0 Å². The highest BCUT2D eigenvalue weighted by atomic mass is 32.5. The summed E-state index contributed by atoms with van der Waals surface area (Å²) in [6.45, 7) is -2.97. The highest BCUT2D eigenvalue weighted by molar-refractivity contribution is 8.07. The molecule has 0 amide bonds. The van der Waals surface area contributed by atoms with Crippen LogP contribution in [0.2, 0.25) is 0 Å². The minimum atomic E-state index is -2.97. The number of aromatic hydroxyl groups is 1. The fourth-order valence-electron chi connectivity index (χ4n) is 0.966. The third kappa shape index (κ3) is 3.37. The Morgan fingerprint density at radius 2 is 2.00 bits per heavy atom. The lowest BCUT2D eigenvalue weighted by atomic mass is 10.3. The molecule has 0 atom stereocenters. The van der Waals surface area contributed by atoms with E-state index in [1.807, 2.05) is 0 Å². The molecule has 1 rings (SSSR count). The number of rotatable bonds is 5. The first-order valence-electron chi connectivity index (χ1n) is 4.30. The molecular formula is C8H10NO6PS. The maximum atomic E-state index is 10.5. The average molecular weight is 279 g/mol. The van der Waals surface area contributed by atoms with Crippen molar-refractivity contribution in [1.29, 1.82) is 0 Å². The van der Waals surface area contributed by atoms with Crippen LogP contribution in [0, 0.1) is 10.1 Å². The summed E-state index contributed by atoms with van der Waals surface area (Å²) < 4.78 is 14.9. The first kappa shape index (κ1) is 13.9. The minimum absolute atomic E-state index is 0.0253. The second-order valence-corrected chi connectivity index (χ2v) is 5.96. The van der Waals surface area contributed by atoms with Crippen LogP contribution in [0.25, 0.3) is 0 Å². The van der Waals surface area contributed by atoms with Gasteiger partial charge in [-0.05, 0) is 6.07 Å². The molecule has 0 heterocycles. The van der Waals surface area contributed by atoms with Crippen LogP contribution in [-0.4, -0.2) is 24.2 Å². The van der Waals surface area contributed by atoms with Crippen molar-refractivity contribution in [2.24, 2.45) is 0 Å². The Balaban J connectivity index is 3.01. The number of hydrogen-bond donors (Lipinski definition) is 1. The smallest absolute Gasteiger partial charge is 0.380 e. The minimum Gasteiger partial charge on any atom is -0.504 e. The van der Waals surface area contributed by atoms with Crippen molar-refractivity contribution in [2.75, 3.05) is 14.2 Å². The molecular weight excluding hydrogens is 269 g/mol. The van der Waals surface area contributed by atoms with Crippen LogP contribution < -0.4 is 4.52 Å². The number of phenols is 1. The summed E-state index contributed by atoms with van der Waals surface area (Å²) in [6, 6.07) is 3.37. The zero-order valence-electron chi connectivity index (χ0n) is 9.02. The van der Waals surface area contributed by atoms with E-state index in [4.69, 9.17) is 25.4 Å². The molecule has 1 aromatic carbocycles. The molecule has 7 nitrogen and oxygen atoms in total. The van der Waals surface area contributed by atoms with Crippen molar-refractivity contribution < 1.29 is 23.6 Å². The van der Waals surface area contributed by atoms with E-state index in [-0.39, 0.29) is 11.4 Å². The van der Waals surface area contributed by atoms with Gasteiger partial charge in [0.1, 0.15) is 0 Å². The van der Waals surface area contributed by atoms with Crippen molar-refractivity contribution in [3.63, 3.8) is 0 Å². The SMILES string of the molecule is COP(=S)(OC)Oc1ccc([N+](=O)[O-])cc1O. The van der Waals surface area contributed by atoms with Gasteiger partial charge in [-0.25, -0.2) is 0 Å². The molecule has 0 aliphatic carbocycles. The van der Waals surface area contributed by atoms with Crippen molar-refractivity contribution in [3.05, 3.63) is 28.3 Å². The van der Waals surface area contributed by atoms with Gasteiger partial charge in [0.2, 0.25) is 0 Å². The first-order chi connectivity index (χ1) is 7.91. The molecule has 0 bridgehead atoms. The quantitative estimate of drug-likeness (QED) is 0.501. The van der Waals surface area contributed by atoms with Gasteiger partial charge in [0.05, 0.1) is 11.0 Å². The van der Waals surface area contributed by atoms with E-state index in [1.165, 1.54) is 26.4 Å². The number of benzene rings is 1. The Morgan fingerprint density at radius 1 is 1.41 bits per heavy atom. The third-order valence-electron chi connectivity index (χ3n) is 1.81. The second-order valence-electron chi connectivity index (χ2n) is 2.81. The third-order valence-corrected chi connectivity index (χ3v) is 4.24. The second kappa shape index (κ2) is 5.42. The van der Waals surface area contributed by atoms with Gasteiger partial charge in [-0.15, -0.1) is 0 Å². The molecule has 0 fully saturated rings. The summed E-state index contributed by atoms with van der Waals surface area (Å²) >= 11 is 4.93. The van der Waals surface area contributed by atoms with Crippen LogP contribution >= 0.6 is 6.72 Å². The highest BCUT2D eigenvalue weighted by Crippen LogP contribution is 2.50. The standard InChI is InChI=1S/C8H10NO6PS/c1-13-16(17,14-2)15-8-4-3-6(9(11)12)5-7(8)10/h3-5,10H,1-2H3. The van der Waals surface area contributed by atoms with Gasteiger partial charge in [-0.1, -0.05) is 0 Å². The topological polar surface area (TPSA) is 91.1 Å². The fraction of sp³-hybridized carbons (Fsp3) is 0.250. The number of hydrogen-bond acceptors (Lipinski definition) is 7. The van der Waals surface area contributed by atoms with Gasteiger partial charge in [0, 0.05) is 32.1 Å². The Morgan fingerprint density at radius 3 is 2.41 bits per heavy atom. The van der Waals surface area contributed by atoms with E-state index in [0.717, 1.165) is 6.07 Å². The molecule has 0 unspecified atom stereocenters. The maximum Gasteiger partial charge on any atom is 0.380 e. The summed E-state index contributed by atoms with van der Waals surface area (Å²) in [5.74, 6) is -0.426. The molecule has 0 radical (unpaired) electrons. The van der Waals surface area contributed by atoms with Crippen LogP contribution in [0.3, 0.4) is 0 Å².